The van der Waals surface area contributed by atoms with Gasteiger partial charge in [-0.05, 0) is 65.1 Å². The van der Waals surface area contributed by atoms with Gasteiger partial charge in [-0.3, -0.25) is 14.0 Å². The van der Waals surface area contributed by atoms with E-state index in [1.165, 1.54) is 6.33 Å². The second-order valence-electron chi connectivity index (χ2n) is 8.52. The number of imidazole rings is 1. The molecule has 0 bridgehead atoms. The third-order valence-corrected chi connectivity index (χ3v) is 6.19. The number of hydrogen-bond acceptors (Lipinski definition) is 7. The quantitative estimate of drug-likeness (QED) is 0.303. The highest BCUT2D eigenvalue weighted by molar-refractivity contribution is 6.30. The van der Waals surface area contributed by atoms with Crippen molar-refractivity contribution in [3.05, 3.63) is 101 Å². The number of aromatic nitrogens is 7. The first-order chi connectivity index (χ1) is 18.1. The van der Waals surface area contributed by atoms with E-state index in [9.17, 15) is 9.59 Å². The molecular formula is C26H23ClN8O2. The van der Waals surface area contributed by atoms with Crippen molar-refractivity contribution in [2.75, 3.05) is 0 Å². The van der Waals surface area contributed by atoms with Gasteiger partial charge in [0.15, 0.2) is 5.78 Å². The molecule has 5 aromatic rings. The minimum atomic E-state index is -0.703. The molecule has 0 fully saturated rings. The predicted octanol–water partition coefficient (Wildman–Crippen LogP) is 3.29. The maximum absolute atomic E-state index is 13.3. The summed E-state index contributed by atoms with van der Waals surface area (Å²) in [6, 6.07) is 16.1. The molecule has 0 aliphatic carbocycles. The molecule has 1 atom stereocenters. The fourth-order valence-corrected chi connectivity index (χ4v) is 4.34. The molecule has 0 radical (unpaired) electrons. The number of amides is 1. The molecule has 0 aliphatic rings. The van der Waals surface area contributed by atoms with Crippen LogP contribution in [-0.2, 0) is 17.6 Å². The first kappa shape index (κ1) is 24.3. The van der Waals surface area contributed by atoms with Gasteiger partial charge in [0.2, 0.25) is 5.78 Å². The standard InChI is InChI=1S/C26H23ClN8O2/c27-20-10-11-23(35-17-29-32-33-35)19(15-20)8-4-9-24(36)21(14-18-6-2-1-3-7-18)30-25(37)22-16-34-13-5-12-28-26(34)31-22/h1-3,5-7,10-13,15-17,21H,4,8-9,14H2,(H,30,37)/t21-/m0/s1. The third kappa shape index (κ3) is 5.87. The summed E-state index contributed by atoms with van der Waals surface area (Å²) < 4.78 is 3.23. The van der Waals surface area contributed by atoms with Crippen LogP contribution in [0.25, 0.3) is 11.5 Å². The summed E-state index contributed by atoms with van der Waals surface area (Å²) in [5, 5.41) is 14.8. The summed E-state index contributed by atoms with van der Waals surface area (Å²) in [6.07, 6.45) is 8.28. The van der Waals surface area contributed by atoms with Crippen LogP contribution in [0.3, 0.4) is 0 Å². The van der Waals surface area contributed by atoms with Crippen LogP contribution in [0.2, 0.25) is 5.02 Å². The normalized spacial score (nSPS) is 11.9. The Morgan fingerprint density at radius 2 is 1.95 bits per heavy atom. The van der Waals surface area contributed by atoms with Gasteiger partial charge >= 0.3 is 0 Å². The fraction of sp³-hybridized carbons (Fsp3) is 0.192. The molecular weight excluding hydrogens is 492 g/mol. The van der Waals surface area contributed by atoms with E-state index >= 15 is 0 Å². The van der Waals surface area contributed by atoms with Crippen molar-refractivity contribution in [1.82, 2.24) is 39.9 Å². The van der Waals surface area contributed by atoms with Gasteiger partial charge in [0.05, 0.1) is 11.7 Å². The van der Waals surface area contributed by atoms with E-state index in [2.05, 4.69) is 30.8 Å². The topological polar surface area (TPSA) is 120 Å². The minimum Gasteiger partial charge on any atom is -0.341 e. The van der Waals surface area contributed by atoms with Crippen molar-refractivity contribution in [3.8, 4) is 5.69 Å². The van der Waals surface area contributed by atoms with Crippen molar-refractivity contribution in [3.63, 3.8) is 0 Å². The number of fused-ring (bicyclic) bond motifs is 1. The van der Waals surface area contributed by atoms with Gasteiger partial charge in [-0.1, -0.05) is 41.9 Å². The Balaban J connectivity index is 1.29. The molecule has 186 valence electrons. The average Bonchev–Trinajstić information content (AvgIpc) is 3.59. The number of halogens is 1. The Bertz CT molecular complexity index is 1490. The SMILES string of the molecule is O=C(N[C@@H](Cc1ccccc1)C(=O)CCCc1cc(Cl)ccc1-n1cnnn1)c1cn2cccnc2n1. The molecule has 11 heteroatoms. The van der Waals surface area contributed by atoms with E-state index in [4.69, 9.17) is 11.6 Å². The first-order valence-corrected chi connectivity index (χ1v) is 12.1. The van der Waals surface area contributed by atoms with Gasteiger partial charge in [-0.25, -0.2) is 14.6 Å². The smallest absolute Gasteiger partial charge is 0.272 e. The van der Waals surface area contributed by atoms with Gasteiger partial charge in [0.25, 0.3) is 5.91 Å². The highest BCUT2D eigenvalue weighted by Gasteiger charge is 2.23. The summed E-state index contributed by atoms with van der Waals surface area (Å²) >= 11 is 6.22. The van der Waals surface area contributed by atoms with Gasteiger partial charge in [0.1, 0.15) is 12.0 Å². The third-order valence-electron chi connectivity index (χ3n) is 5.95. The molecule has 3 heterocycles. The van der Waals surface area contributed by atoms with Crippen LogP contribution in [0.4, 0.5) is 0 Å². The molecule has 10 nitrogen and oxygen atoms in total. The number of tetrazole rings is 1. The van der Waals surface area contributed by atoms with Crippen LogP contribution < -0.4 is 5.32 Å². The predicted molar refractivity (Wildman–Crippen MR) is 136 cm³/mol. The zero-order chi connectivity index (χ0) is 25.6. The maximum atomic E-state index is 13.3. The summed E-state index contributed by atoms with van der Waals surface area (Å²) in [4.78, 5) is 34.8. The molecule has 0 saturated heterocycles. The molecule has 1 amide bonds. The van der Waals surface area contributed by atoms with Crippen molar-refractivity contribution < 1.29 is 9.59 Å². The Kier molecular flexibility index (Phi) is 7.27. The Morgan fingerprint density at radius 3 is 2.73 bits per heavy atom. The Hall–Kier alpha value is -4.44. The first-order valence-electron chi connectivity index (χ1n) is 11.8. The molecule has 0 saturated carbocycles. The van der Waals surface area contributed by atoms with E-state index in [1.54, 1.807) is 39.8 Å². The van der Waals surface area contributed by atoms with Crippen LogP contribution in [0.5, 0.6) is 0 Å². The molecule has 1 N–H and O–H groups in total. The number of hydrogen-bond donors (Lipinski definition) is 1. The van der Waals surface area contributed by atoms with Crippen molar-refractivity contribution in [2.45, 2.75) is 31.7 Å². The summed E-state index contributed by atoms with van der Waals surface area (Å²) in [7, 11) is 0. The number of carbonyl (C=O) groups is 2. The lowest BCUT2D eigenvalue weighted by Gasteiger charge is -2.18. The molecule has 2 aromatic carbocycles. The van der Waals surface area contributed by atoms with Crippen LogP contribution in [0.15, 0.2) is 79.5 Å². The molecule has 0 aliphatic heterocycles. The second kappa shape index (κ2) is 11.1. The summed E-state index contributed by atoms with van der Waals surface area (Å²) in [6.45, 7) is 0. The van der Waals surface area contributed by atoms with Crippen LogP contribution in [0.1, 0.15) is 34.5 Å². The number of nitrogens with zero attached hydrogens (tertiary/aromatic N) is 7. The van der Waals surface area contributed by atoms with Gasteiger partial charge in [-0.15, -0.1) is 5.10 Å². The summed E-state index contributed by atoms with van der Waals surface area (Å²) in [5.41, 5.74) is 2.88. The van der Waals surface area contributed by atoms with Crippen LogP contribution in [-0.4, -0.2) is 52.3 Å². The van der Waals surface area contributed by atoms with E-state index in [1.807, 2.05) is 42.5 Å². The highest BCUT2D eigenvalue weighted by Crippen LogP contribution is 2.21. The molecule has 3 aromatic heterocycles. The average molecular weight is 515 g/mol. The second-order valence-corrected chi connectivity index (χ2v) is 8.95. The van der Waals surface area contributed by atoms with Crippen molar-refractivity contribution >= 4 is 29.1 Å². The Labute approximate surface area is 217 Å². The van der Waals surface area contributed by atoms with Crippen molar-refractivity contribution in [2.24, 2.45) is 0 Å². The van der Waals surface area contributed by atoms with Crippen LogP contribution in [0, 0.1) is 0 Å². The molecule has 0 spiro atoms. The highest BCUT2D eigenvalue weighted by atomic mass is 35.5. The molecule has 0 unspecified atom stereocenters. The zero-order valence-corrected chi connectivity index (χ0v) is 20.5. The minimum absolute atomic E-state index is 0.0647. The van der Waals surface area contributed by atoms with Gasteiger partial charge in [0, 0.05) is 30.0 Å². The largest absolute Gasteiger partial charge is 0.341 e. The van der Waals surface area contributed by atoms with E-state index in [-0.39, 0.29) is 17.9 Å². The van der Waals surface area contributed by atoms with E-state index < -0.39 is 11.9 Å². The Morgan fingerprint density at radius 1 is 1.08 bits per heavy atom. The van der Waals surface area contributed by atoms with Gasteiger partial charge in [-0.2, -0.15) is 0 Å². The van der Waals surface area contributed by atoms with E-state index in [0.29, 0.717) is 30.1 Å². The lowest BCUT2D eigenvalue weighted by molar-refractivity contribution is -0.121. The zero-order valence-electron chi connectivity index (χ0n) is 19.7. The number of rotatable bonds is 10. The number of nitrogens with one attached hydrogen (secondary N) is 1. The molecule has 5 rings (SSSR count). The number of ketones is 1. The van der Waals surface area contributed by atoms with E-state index in [0.717, 1.165) is 16.8 Å². The van der Waals surface area contributed by atoms with Crippen LogP contribution >= 0.6 is 11.6 Å². The van der Waals surface area contributed by atoms with Crippen molar-refractivity contribution in [1.29, 1.82) is 0 Å². The monoisotopic (exact) mass is 514 g/mol. The number of Topliss-reactive ketones (excluding diaryl/α,β-unsaturated/α-hetero) is 1. The van der Waals surface area contributed by atoms with Gasteiger partial charge < -0.3 is 5.32 Å². The fourth-order valence-electron chi connectivity index (χ4n) is 4.14. The lowest BCUT2D eigenvalue weighted by Crippen LogP contribution is -2.42. The molecule has 37 heavy (non-hydrogen) atoms. The number of benzene rings is 2. The lowest BCUT2D eigenvalue weighted by atomic mass is 9.97. The number of aryl methyl sites for hydroxylation is 1. The maximum Gasteiger partial charge on any atom is 0.272 e. The number of carbonyl (C=O) groups excluding carboxylic acids is 2. The summed E-state index contributed by atoms with van der Waals surface area (Å²) in [5.74, 6) is -0.0702.